The minimum absolute atomic E-state index is 0.0883. The molecule has 2 aromatic heterocycles. The highest BCUT2D eigenvalue weighted by molar-refractivity contribution is 6.09. The summed E-state index contributed by atoms with van der Waals surface area (Å²) in [5.74, 6) is 1.73. The van der Waals surface area contributed by atoms with Crippen LogP contribution >= 0.6 is 0 Å². The van der Waals surface area contributed by atoms with Crippen molar-refractivity contribution in [2.75, 3.05) is 14.2 Å². The van der Waals surface area contributed by atoms with Crippen LogP contribution in [0.2, 0.25) is 0 Å². The van der Waals surface area contributed by atoms with E-state index in [0.717, 1.165) is 16.5 Å². The molecule has 2 N–H and O–H groups in total. The lowest BCUT2D eigenvalue weighted by molar-refractivity contribution is 0.103. The lowest BCUT2D eigenvalue weighted by atomic mass is 10.1. The van der Waals surface area contributed by atoms with Crippen molar-refractivity contribution < 1.29 is 19.0 Å². The smallest absolute Gasteiger partial charge is 0.211 e. The van der Waals surface area contributed by atoms with Gasteiger partial charge in [0.25, 0.3) is 0 Å². The van der Waals surface area contributed by atoms with Gasteiger partial charge < -0.3 is 24.2 Å². The summed E-state index contributed by atoms with van der Waals surface area (Å²) in [6.07, 6.45) is 3.33. The summed E-state index contributed by atoms with van der Waals surface area (Å²) < 4.78 is 16.7. The van der Waals surface area contributed by atoms with Crippen molar-refractivity contribution in [3.8, 4) is 28.6 Å². The van der Waals surface area contributed by atoms with Crippen molar-refractivity contribution >= 4 is 16.7 Å². The average Bonchev–Trinajstić information content (AvgIpc) is 3.39. The zero-order valence-electron chi connectivity index (χ0n) is 17.3. The summed E-state index contributed by atoms with van der Waals surface area (Å²) in [7, 11) is 3.06. The number of para-hydroxylation sites is 1. The van der Waals surface area contributed by atoms with Crippen molar-refractivity contribution in [1.82, 2.24) is 15.0 Å². The number of aromatic nitrogens is 3. The van der Waals surface area contributed by atoms with Gasteiger partial charge in [-0.05, 0) is 32.0 Å². The summed E-state index contributed by atoms with van der Waals surface area (Å²) in [5, 5.41) is 1.03. The van der Waals surface area contributed by atoms with E-state index in [1.54, 1.807) is 18.3 Å². The number of methoxy groups -OCH3 is 2. The van der Waals surface area contributed by atoms with Crippen LogP contribution in [-0.2, 0) is 0 Å². The standard InChI is InChI=1S/C23H23N3O4/c1-13(2)30-20-10-14(9-19(28-3)22(20)29-4)21(27)18-12-25-23(26-18)16-11-24-17-8-6-5-7-15(16)17/h5-13,24H,1-4H3,(H,25,26). The Hall–Kier alpha value is -3.74. The monoisotopic (exact) mass is 405 g/mol. The molecule has 0 aliphatic carbocycles. The SMILES string of the molecule is COc1cc(C(=O)c2cnc(-c3c[nH]c4ccccc34)[nH]2)cc(OC(C)C)c1OC. The van der Waals surface area contributed by atoms with Crippen molar-refractivity contribution in [2.24, 2.45) is 0 Å². The first kappa shape index (κ1) is 19.6. The molecular weight excluding hydrogens is 382 g/mol. The lowest BCUT2D eigenvalue weighted by Gasteiger charge is -2.17. The molecule has 0 amide bonds. The van der Waals surface area contributed by atoms with Crippen molar-refractivity contribution in [2.45, 2.75) is 20.0 Å². The van der Waals surface area contributed by atoms with E-state index in [-0.39, 0.29) is 11.9 Å². The van der Waals surface area contributed by atoms with Gasteiger partial charge in [-0.2, -0.15) is 0 Å². The minimum atomic E-state index is -0.219. The molecule has 0 radical (unpaired) electrons. The molecule has 0 atom stereocenters. The molecule has 0 unspecified atom stereocenters. The topological polar surface area (TPSA) is 89.2 Å². The number of benzene rings is 2. The molecule has 0 spiro atoms. The Morgan fingerprint density at radius 2 is 1.83 bits per heavy atom. The predicted molar refractivity (Wildman–Crippen MR) is 115 cm³/mol. The van der Waals surface area contributed by atoms with Crippen LogP contribution in [0.25, 0.3) is 22.3 Å². The molecular formula is C23H23N3O4. The molecule has 7 nitrogen and oxygen atoms in total. The number of nitrogens with one attached hydrogen (secondary N) is 2. The van der Waals surface area contributed by atoms with E-state index in [2.05, 4.69) is 15.0 Å². The number of nitrogens with zero attached hydrogens (tertiary/aromatic N) is 1. The molecule has 4 rings (SSSR count). The maximum atomic E-state index is 13.2. The maximum absolute atomic E-state index is 13.2. The van der Waals surface area contributed by atoms with Gasteiger partial charge in [-0.1, -0.05) is 18.2 Å². The Morgan fingerprint density at radius 3 is 2.57 bits per heavy atom. The summed E-state index contributed by atoms with van der Waals surface area (Å²) in [6.45, 7) is 3.81. The van der Waals surface area contributed by atoms with Crippen LogP contribution < -0.4 is 14.2 Å². The molecule has 7 heteroatoms. The summed E-state index contributed by atoms with van der Waals surface area (Å²) >= 11 is 0. The van der Waals surface area contributed by atoms with E-state index in [0.29, 0.717) is 34.3 Å². The van der Waals surface area contributed by atoms with Crippen LogP contribution in [0.15, 0.2) is 48.8 Å². The molecule has 2 heterocycles. The van der Waals surface area contributed by atoms with Gasteiger partial charge in [0.1, 0.15) is 11.5 Å². The number of aromatic amines is 2. The molecule has 154 valence electrons. The van der Waals surface area contributed by atoms with E-state index in [1.165, 1.54) is 14.2 Å². The average molecular weight is 405 g/mol. The molecule has 0 aliphatic heterocycles. The normalized spacial score (nSPS) is 11.1. The number of carbonyl (C=O) groups is 1. The highest BCUT2D eigenvalue weighted by Gasteiger charge is 2.21. The van der Waals surface area contributed by atoms with E-state index >= 15 is 0 Å². The first-order valence-corrected chi connectivity index (χ1v) is 9.60. The summed E-state index contributed by atoms with van der Waals surface area (Å²) in [6, 6.07) is 11.2. The van der Waals surface area contributed by atoms with Gasteiger partial charge in [-0.3, -0.25) is 4.79 Å². The molecule has 0 saturated heterocycles. The maximum Gasteiger partial charge on any atom is 0.211 e. The molecule has 0 fully saturated rings. The highest BCUT2D eigenvalue weighted by Crippen LogP contribution is 2.39. The van der Waals surface area contributed by atoms with Crippen molar-refractivity contribution in [3.63, 3.8) is 0 Å². The molecule has 0 bridgehead atoms. The van der Waals surface area contributed by atoms with E-state index in [1.807, 2.05) is 44.3 Å². The summed E-state index contributed by atoms with van der Waals surface area (Å²) in [4.78, 5) is 23.9. The van der Waals surface area contributed by atoms with Gasteiger partial charge >= 0.3 is 0 Å². The van der Waals surface area contributed by atoms with E-state index < -0.39 is 0 Å². The first-order chi connectivity index (χ1) is 14.5. The van der Waals surface area contributed by atoms with Gasteiger partial charge in [0.2, 0.25) is 11.5 Å². The lowest BCUT2D eigenvalue weighted by Crippen LogP contribution is -2.09. The largest absolute Gasteiger partial charge is 0.493 e. The number of hydrogen-bond donors (Lipinski definition) is 2. The minimum Gasteiger partial charge on any atom is -0.493 e. The third kappa shape index (κ3) is 3.50. The highest BCUT2D eigenvalue weighted by atomic mass is 16.5. The number of imidazole rings is 1. The van der Waals surface area contributed by atoms with Crippen LogP contribution in [0.3, 0.4) is 0 Å². The predicted octanol–water partition coefficient (Wildman–Crippen LogP) is 4.59. The first-order valence-electron chi connectivity index (χ1n) is 9.60. The number of carbonyl (C=O) groups excluding carboxylic acids is 1. The Bertz CT molecular complexity index is 1210. The zero-order valence-corrected chi connectivity index (χ0v) is 17.3. The third-order valence-corrected chi connectivity index (χ3v) is 4.73. The third-order valence-electron chi connectivity index (χ3n) is 4.73. The Kier molecular flexibility index (Phi) is 5.18. The number of ether oxygens (including phenoxy) is 3. The van der Waals surface area contributed by atoms with Crippen molar-refractivity contribution in [1.29, 1.82) is 0 Å². The van der Waals surface area contributed by atoms with Gasteiger partial charge in [-0.25, -0.2) is 4.98 Å². The molecule has 4 aromatic rings. The second-order valence-electron chi connectivity index (χ2n) is 7.10. The van der Waals surface area contributed by atoms with Gasteiger partial charge in [0.05, 0.1) is 26.5 Å². The fourth-order valence-electron chi connectivity index (χ4n) is 3.40. The fraction of sp³-hybridized carbons (Fsp3) is 0.217. The number of hydrogen-bond acceptors (Lipinski definition) is 5. The summed E-state index contributed by atoms with van der Waals surface area (Å²) in [5.41, 5.74) is 2.70. The van der Waals surface area contributed by atoms with Crippen LogP contribution in [0.5, 0.6) is 17.2 Å². The van der Waals surface area contributed by atoms with Crippen LogP contribution in [0.4, 0.5) is 0 Å². The number of fused-ring (bicyclic) bond motifs is 1. The quantitative estimate of drug-likeness (QED) is 0.439. The van der Waals surface area contributed by atoms with Crippen molar-refractivity contribution in [3.05, 3.63) is 60.0 Å². The molecule has 0 aliphatic rings. The molecule has 2 aromatic carbocycles. The van der Waals surface area contributed by atoms with Gasteiger partial charge in [-0.15, -0.1) is 0 Å². The Morgan fingerprint density at radius 1 is 1.07 bits per heavy atom. The Balaban J connectivity index is 1.72. The van der Waals surface area contributed by atoms with Gasteiger partial charge in [0, 0.05) is 28.2 Å². The van der Waals surface area contributed by atoms with Crippen LogP contribution in [-0.4, -0.2) is 41.1 Å². The second kappa shape index (κ2) is 7.94. The van der Waals surface area contributed by atoms with E-state index in [9.17, 15) is 4.79 Å². The zero-order chi connectivity index (χ0) is 21.3. The second-order valence-corrected chi connectivity index (χ2v) is 7.10. The number of H-pyrrole nitrogens is 2. The van der Waals surface area contributed by atoms with E-state index in [4.69, 9.17) is 14.2 Å². The Labute approximate surface area is 174 Å². The van der Waals surface area contributed by atoms with Gasteiger partial charge in [0.15, 0.2) is 11.5 Å². The fourth-order valence-corrected chi connectivity index (χ4v) is 3.40. The van der Waals surface area contributed by atoms with Crippen LogP contribution in [0.1, 0.15) is 29.9 Å². The number of rotatable bonds is 7. The number of ketones is 1. The van der Waals surface area contributed by atoms with Crippen LogP contribution in [0, 0.1) is 0 Å². The molecule has 30 heavy (non-hydrogen) atoms. The molecule has 0 saturated carbocycles.